The number of H-pyrrole nitrogens is 2. The molecule has 11 nitrogen and oxygen atoms in total. The molecule has 4 heterocycles. The van der Waals surface area contributed by atoms with Crippen LogP contribution in [0.5, 0.6) is 0 Å². The molecular formula is C45H57N7O4S2. The van der Waals surface area contributed by atoms with Crippen molar-refractivity contribution < 1.29 is 19.1 Å². The first kappa shape index (κ1) is 41.7. The Morgan fingerprint density at radius 1 is 0.621 bits per heavy atom. The van der Waals surface area contributed by atoms with E-state index in [9.17, 15) is 14.4 Å². The van der Waals surface area contributed by atoms with E-state index in [0.717, 1.165) is 152 Å². The highest BCUT2D eigenvalue weighted by Crippen LogP contribution is 2.39. The number of likely N-dealkylation sites (tertiary alicyclic amines) is 2. The Morgan fingerprint density at radius 2 is 1.05 bits per heavy atom. The van der Waals surface area contributed by atoms with Crippen molar-refractivity contribution in [3.05, 3.63) is 72.3 Å². The summed E-state index contributed by atoms with van der Waals surface area (Å²) in [5, 5.41) is 2.89. The molecule has 0 spiro atoms. The van der Waals surface area contributed by atoms with Gasteiger partial charge < -0.3 is 29.8 Å². The molecule has 2 atom stereocenters. The second kappa shape index (κ2) is 17.8. The molecule has 308 valence electrons. The Labute approximate surface area is 354 Å². The number of carbonyl (C=O) groups excluding carboxylic acids is 3. The number of carbonyl (C=O) groups is 3. The van der Waals surface area contributed by atoms with E-state index in [4.69, 9.17) is 14.7 Å². The standard InChI is InChI=1S/C45H53N7O4.2H2S/c1-27-7-9-30(10-8-27)43(53)51-23-3-5-39(51)41-47-35-21-17-32(25-37(35)49-41)28-11-13-29(14-12-28)33-18-22-36-38(26-33)50-42(48-36)40-6-4-24-52(40)44(54)31-15-19-34(20-16-31)46-45(55)56-2;;/h11-14,17-18,21-22,25-27,30-31,34,39-40H,3-10,15-16,19-20,23-24H2,1-2H3,(H,46,55)(H,47,49)(H,48,50);2*1H2/t27?,30?,31?,34?,39-,40-;;/m0../s1. The number of hydrogen-bond donors (Lipinski definition) is 3. The SMILES string of the molecule is COC(=O)NC1CCC(C(=O)N2CCC[C@H]2c2nc3ccc(-c4ccc(-c5ccc6nc([C@@H]7CCCN7C(=O)C7CCC(C)CC7)[nH]c6c5)cc4)cc3[nH]2)CC1.S.S. The van der Waals surface area contributed by atoms with Gasteiger partial charge in [0.25, 0.3) is 0 Å². The molecule has 0 bridgehead atoms. The van der Waals surface area contributed by atoms with Crippen LogP contribution in [-0.4, -0.2) is 73.9 Å². The van der Waals surface area contributed by atoms with Crippen molar-refractivity contribution in [3.8, 4) is 22.3 Å². The van der Waals surface area contributed by atoms with Crippen LogP contribution in [-0.2, 0) is 14.3 Å². The minimum atomic E-state index is -0.409. The van der Waals surface area contributed by atoms with Crippen molar-refractivity contribution in [2.45, 2.75) is 102 Å². The van der Waals surface area contributed by atoms with Crippen LogP contribution in [0.2, 0.25) is 0 Å². The zero-order valence-corrected chi connectivity index (χ0v) is 35.6. The molecule has 3 aromatic carbocycles. The van der Waals surface area contributed by atoms with Crippen LogP contribution in [0.25, 0.3) is 44.3 Å². The molecule has 58 heavy (non-hydrogen) atoms. The number of fused-ring (bicyclic) bond motifs is 2. The van der Waals surface area contributed by atoms with Crippen LogP contribution >= 0.6 is 27.0 Å². The number of nitrogens with zero attached hydrogens (tertiary/aromatic N) is 4. The van der Waals surface area contributed by atoms with Gasteiger partial charge in [0, 0.05) is 31.0 Å². The first-order valence-corrected chi connectivity index (χ1v) is 20.9. The largest absolute Gasteiger partial charge is 0.453 e. The minimum absolute atomic E-state index is 0. The maximum Gasteiger partial charge on any atom is 0.407 e. The quantitative estimate of drug-likeness (QED) is 0.150. The zero-order chi connectivity index (χ0) is 38.3. The van der Waals surface area contributed by atoms with Crippen LogP contribution in [0.1, 0.15) is 108 Å². The number of rotatable bonds is 7. The third-order valence-corrected chi connectivity index (χ3v) is 13.2. The number of aromatic nitrogens is 4. The molecule has 2 aliphatic carbocycles. The molecule has 0 unspecified atom stereocenters. The van der Waals surface area contributed by atoms with E-state index < -0.39 is 6.09 Å². The highest BCUT2D eigenvalue weighted by Gasteiger charge is 2.38. The van der Waals surface area contributed by atoms with E-state index in [-0.39, 0.29) is 62.9 Å². The van der Waals surface area contributed by atoms with Gasteiger partial charge in [0.1, 0.15) is 11.6 Å². The van der Waals surface area contributed by atoms with Crippen molar-refractivity contribution >= 4 is 67.0 Å². The Bertz CT molecular complexity index is 2240. The van der Waals surface area contributed by atoms with E-state index in [0.29, 0.717) is 5.91 Å². The Kier molecular flexibility index (Phi) is 12.8. The summed E-state index contributed by atoms with van der Waals surface area (Å²) in [6.45, 7) is 3.86. The number of nitrogens with one attached hydrogen (secondary N) is 3. The maximum atomic E-state index is 13.7. The Hall–Kier alpha value is -4.49. The van der Waals surface area contributed by atoms with Gasteiger partial charge in [-0.3, -0.25) is 9.59 Å². The molecule has 3 amide bonds. The second-order valence-corrected chi connectivity index (χ2v) is 16.8. The predicted octanol–water partition coefficient (Wildman–Crippen LogP) is 9.07. The molecule has 9 rings (SSSR count). The van der Waals surface area contributed by atoms with E-state index in [1.54, 1.807) is 0 Å². The van der Waals surface area contributed by atoms with Crippen molar-refractivity contribution in [1.29, 1.82) is 0 Å². The van der Waals surface area contributed by atoms with Crippen molar-refractivity contribution in [3.63, 3.8) is 0 Å². The first-order valence-electron chi connectivity index (χ1n) is 20.9. The zero-order valence-electron chi connectivity index (χ0n) is 33.6. The number of benzene rings is 3. The molecule has 4 fully saturated rings. The highest BCUT2D eigenvalue weighted by molar-refractivity contribution is 7.59. The van der Waals surface area contributed by atoms with Gasteiger partial charge in [-0.1, -0.05) is 43.3 Å². The lowest BCUT2D eigenvalue weighted by atomic mass is 9.82. The lowest BCUT2D eigenvalue weighted by molar-refractivity contribution is -0.138. The number of alkyl carbamates (subject to hydrolysis) is 1. The molecule has 2 aliphatic heterocycles. The van der Waals surface area contributed by atoms with Gasteiger partial charge in [0.15, 0.2) is 0 Å². The molecule has 2 saturated carbocycles. The van der Waals surface area contributed by atoms with Crippen LogP contribution in [0.4, 0.5) is 4.79 Å². The molecule has 3 N–H and O–H groups in total. The Morgan fingerprint density at radius 3 is 1.50 bits per heavy atom. The van der Waals surface area contributed by atoms with Gasteiger partial charge in [0.2, 0.25) is 11.8 Å². The van der Waals surface area contributed by atoms with Gasteiger partial charge in [-0.2, -0.15) is 27.0 Å². The van der Waals surface area contributed by atoms with Crippen molar-refractivity contribution in [2.24, 2.45) is 17.8 Å². The van der Waals surface area contributed by atoms with Gasteiger partial charge in [-0.25, -0.2) is 14.8 Å². The first-order chi connectivity index (χ1) is 27.3. The predicted molar refractivity (Wildman–Crippen MR) is 237 cm³/mol. The third kappa shape index (κ3) is 8.34. The van der Waals surface area contributed by atoms with E-state index in [1.165, 1.54) is 7.11 Å². The summed E-state index contributed by atoms with van der Waals surface area (Å²) in [5.74, 6) is 3.14. The summed E-state index contributed by atoms with van der Waals surface area (Å²) < 4.78 is 4.75. The number of methoxy groups -OCH3 is 1. The molecule has 2 saturated heterocycles. The molecule has 5 aromatic rings. The topological polar surface area (TPSA) is 136 Å². The van der Waals surface area contributed by atoms with Gasteiger partial charge in [0.05, 0.1) is 41.3 Å². The molecule has 4 aliphatic rings. The smallest absolute Gasteiger partial charge is 0.407 e. The Balaban J connectivity index is 0.00000256. The van der Waals surface area contributed by atoms with Gasteiger partial charge >= 0.3 is 6.09 Å². The highest BCUT2D eigenvalue weighted by atomic mass is 32.1. The number of imidazole rings is 2. The summed E-state index contributed by atoms with van der Waals surface area (Å²) in [6.07, 6.45) is 10.8. The molecule has 13 heteroatoms. The summed E-state index contributed by atoms with van der Waals surface area (Å²) >= 11 is 0. The number of aromatic amines is 2. The van der Waals surface area contributed by atoms with Crippen LogP contribution in [0, 0.1) is 17.8 Å². The van der Waals surface area contributed by atoms with Crippen molar-refractivity contribution in [1.82, 2.24) is 35.1 Å². The van der Waals surface area contributed by atoms with Crippen molar-refractivity contribution in [2.75, 3.05) is 20.2 Å². The molecule has 2 aromatic heterocycles. The lowest BCUT2D eigenvalue weighted by Crippen LogP contribution is -2.42. The van der Waals surface area contributed by atoms with E-state index in [1.807, 2.05) is 4.90 Å². The average Bonchev–Trinajstić information content (AvgIpc) is 4.06. The summed E-state index contributed by atoms with van der Waals surface area (Å²) in [7, 11) is 1.38. The number of ether oxygens (including phenoxy) is 1. The third-order valence-electron chi connectivity index (χ3n) is 13.2. The van der Waals surface area contributed by atoms with Crippen LogP contribution in [0.15, 0.2) is 60.7 Å². The number of amides is 3. The van der Waals surface area contributed by atoms with Gasteiger partial charge in [-0.15, -0.1) is 0 Å². The van der Waals surface area contributed by atoms with E-state index >= 15 is 0 Å². The summed E-state index contributed by atoms with van der Waals surface area (Å²) in [6, 6.07) is 21.4. The molecular weight excluding hydrogens is 767 g/mol. The summed E-state index contributed by atoms with van der Waals surface area (Å²) in [4.78, 5) is 60.2. The van der Waals surface area contributed by atoms with Gasteiger partial charge in [-0.05, 0) is 129 Å². The minimum Gasteiger partial charge on any atom is -0.453 e. The van der Waals surface area contributed by atoms with E-state index in [2.05, 4.69) is 87.8 Å². The number of hydrogen-bond acceptors (Lipinski definition) is 6. The monoisotopic (exact) mass is 823 g/mol. The average molecular weight is 824 g/mol. The lowest BCUT2D eigenvalue weighted by Gasteiger charge is -2.32. The van der Waals surface area contributed by atoms with Crippen LogP contribution < -0.4 is 5.32 Å². The maximum absolute atomic E-state index is 13.7. The second-order valence-electron chi connectivity index (χ2n) is 16.8. The van der Waals surface area contributed by atoms with Crippen LogP contribution in [0.3, 0.4) is 0 Å². The molecule has 0 radical (unpaired) electrons. The summed E-state index contributed by atoms with van der Waals surface area (Å²) in [5.41, 5.74) is 8.25. The fourth-order valence-electron chi connectivity index (χ4n) is 9.90. The fourth-order valence-corrected chi connectivity index (χ4v) is 9.90. The fraction of sp³-hybridized carbons (Fsp3) is 0.489. The normalized spacial score (nSPS) is 24.7.